The van der Waals surface area contributed by atoms with Gasteiger partial charge in [0.15, 0.2) is 17.5 Å². The fourth-order valence-electron chi connectivity index (χ4n) is 1.76. The van der Waals surface area contributed by atoms with Crippen LogP contribution in [0.2, 0.25) is 0 Å². The molecule has 2 aromatic rings. The second-order valence-electron chi connectivity index (χ2n) is 4.46. The molecule has 4 nitrogen and oxygen atoms in total. The van der Waals surface area contributed by atoms with Crippen LogP contribution in [0.3, 0.4) is 0 Å². The summed E-state index contributed by atoms with van der Waals surface area (Å²) in [6.07, 6.45) is 0. The SMILES string of the molecule is CC(C)c1[nH]n(-c2cc(F)c(F)c(F)c2)c(=O)c1N. The zero-order valence-corrected chi connectivity index (χ0v) is 10.3. The Morgan fingerprint density at radius 2 is 1.74 bits per heavy atom. The summed E-state index contributed by atoms with van der Waals surface area (Å²) in [4.78, 5) is 11.9. The van der Waals surface area contributed by atoms with Crippen molar-refractivity contribution < 1.29 is 13.2 Å². The summed E-state index contributed by atoms with van der Waals surface area (Å²) in [6.45, 7) is 3.61. The van der Waals surface area contributed by atoms with Gasteiger partial charge in [-0.05, 0) is 5.92 Å². The number of rotatable bonds is 2. The molecule has 0 bridgehead atoms. The average molecular weight is 271 g/mol. The molecule has 0 aliphatic carbocycles. The highest BCUT2D eigenvalue weighted by Gasteiger charge is 2.17. The molecule has 2 rings (SSSR count). The fourth-order valence-corrected chi connectivity index (χ4v) is 1.76. The standard InChI is InChI=1S/C12H12F3N3O/c1-5(2)11-10(16)12(19)18(17-11)6-3-7(13)9(15)8(14)4-6/h3-5,17H,16H2,1-2H3. The molecule has 19 heavy (non-hydrogen) atoms. The second kappa shape index (κ2) is 4.49. The smallest absolute Gasteiger partial charge is 0.294 e. The molecule has 0 amide bonds. The van der Waals surface area contributed by atoms with E-state index in [0.29, 0.717) is 5.69 Å². The molecule has 0 fully saturated rings. The minimum absolute atomic E-state index is 0.0276. The first kappa shape index (κ1) is 13.3. The number of hydrogen-bond acceptors (Lipinski definition) is 2. The van der Waals surface area contributed by atoms with E-state index >= 15 is 0 Å². The monoisotopic (exact) mass is 271 g/mol. The Kier molecular flexibility index (Phi) is 3.13. The van der Waals surface area contributed by atoms with Crippen molar-refractivity contribution in [2.75, 3.05) is 5.73 Å². The highest BCUT2D eigenvalue weighted by Crippen LogP contribution is 2.20. The number of nitrogens with one attached hydrogen (secondary N) is 1. The summed E-state index contributed by atoms with van der Waals surface area (Å²) in [5.41, 5.74) is 5.26. The first-order valence-electron chi connectivity index (χ1n) is 5.58. The van der Waals surface area contributed by atoms with Crippen molar-refractivity contribution in [2.24, 2.45) is 0 Å². The van der Waals surface area contributed by atoms with Crippen LogP contribution in [-0.2, 0) is 0 Å². The summed E-state index contributed by atoms with van der Waals surface area (Å²) >= 11 is 0. The van der Waals surface area contributed by atoms with Crippen LogP contribution in [0.4, 0.5) is 18.9 Å². The van der Waals surface area contributed by atoms with Crippen molar-refractivity contribution in [1.82, 2.24) is 9.78 Å². The van der Waals surface area contributed by atoms with Crippen LogP contribution in [0.1, 0.15) is 25.5 Å². The van der Waals surface area contributed by atoms with E-state index in [-0.39, 0.29) is 17.3 Å². The third-order valence-electron chi connectivity index (χ3n) is 2.76. The number of nitrogen functional groups attached to an aromatic ring is 1. The lowest BCUT2D eigenvalue weighted by atomic mass is 10.1. The molecule has 1 aromatic heterocycles. The Bertz CT molecular complexity index is 665. The molecule has 7 heteroatoms. The molecular formula is C12H12F3N3O. The maximum absolute atomic E-state index is 13.1. The van der Waals surface area contributed by atoms with Crippen molar-refractivity contribution >= 4 is 5.69 Å². The van der Waals surface area contributed by atoms with Crippen molar-refractivity contribution in [1.29, 1.82) is 0 Å². The number of aromatic nitrogens is 2. The van der Waals surface area contributed by atoms with Gasteiger partial charge in [-0.1, -0.05) is 13.8 Å². The fraction of sp³-hybridized carbons (Fsp3) is 0.250. The summed E-state index contributed by atoms with van der Waals surface area (Å²) < 4.78 is 40.0. The minimum Gasteiger partial charge on any atom is -0.393 e. The minimum atomic E-state index is -1.58. The van der Waals surface area contributed by atoms with E-state index in [1.165, 1.54) is 0 Å². The third-order valence-corrected chi connectivity index (χ3v) is 2.76. The van der Waals surface area contributed by atoms with Crippen molar-refractivity contribution in [3.63, 3.8) is 0 Å². The van der Waals surface area contributed by atoms with Crippen molar-refractivity contribution in [2.45, 2.75) is 19.8 Å². The van der Waals surface area contributed by atoms with Gasteiger partial charge in [-0.15, -0.1) is 0 Å². The van der Waals surface area contributed by atoms with Crippen LogP contribution in [0.25, 0.3) is 5.69 Å². The number of nitrogens with zero attached hydrogens (tertiary/aromatic N) is 1. The van der Waals surface area contributed by atoms with Gasteiger partial charge in [-0.2, -0.15) is 0 Å². The van der Waals surface area contributed by atoms with E-state index in [0.717, 1.165) is 16.8 Å². The van der Waals surface area contributed by atoms with Crippen LogP contribution in [0.15, 0.2) is 16.9 Å². The highest BCUT2D eigenvalue weighted by atomic mass is 19.2. The second-order valence-corrected chi connectivity index (χ2v) is 4.46. The molecule has 102 valence electrons. The largest absolute Gasteiger partial charge is 0.393 e. The molecule has 0 aliphatic heterocycles. The number of benzene rings is 1. The molecule has 0 saturated carbocycles. The number of halogens is 3. The summed E-state index contributed by atoms with van der Waals surface area (Å²) in [5.74, 6) is -4.40. The Balaban J connectivity index is 2.67. The summed E-state index contributed by atoms with van der Waals surface area (Å²) in [6, 6.07) is 1.44. The number of H-pyrrole nitrogens is 1. The molecular weight excluding hydrogens is 259 g/mol. The van der Waals surface area contributed by atoms with Gasteiger partial charge in [0, 0.05) is 12.1 Å². The molecule has 0 spiro atoms. The normalized spacial score (nSPS) is 11.3. The van der Waals surface area contributed by atoms with E-state index in [1.807, 2.05) is 0 Å². The van der Waals surface area contributed by atoms with Crippen LogP contribution in [0, 0.1) is 17.5 Å². The van der Waals surface area contributed by atoms with Gasteiger partial charge in [-0.25, -0.2) is 17.9 Å². The number of aromatic amines is 1. The van der Waals surface area contributed by atoms with E-state index in [4.69, 9.17) is 5.73 Å². The summed E-state index contributed by atoms with van der Waals surface area (Å²) in [7, 11) is 0. The quantitative estimate of drug-likeness (QED) is 0.823. The van der Waals surface area contributed by atoms with Gasteiger partial charge in [0.25, 0.3) is 5.56 Å². The maximum atomic E-state index is 13.1. The molecule has 0 unspecified atom stereocenters. The van der Waals surface area contributed by atoms with Gasteiger partial charge >= 0.3 is 0 Å². The van der Waals surface area contributed by atoms with Crippen LogP contribution in [-0.4, -0.2) is 9.78 Å². The third kappa shape index (κ3) is 2.11. The zero-order valence-electron chi connectivity index (χ0n) is 10.3. The molecule has 1 heterocycles. The van der Waals surface area contributed by atoms with E-state index in [2.05, 4.69) is 5.10 Å². The molecule has 0 atom stereocenters. The molecule has 0 radical (unpaired) electrons. The lowest BCUT2D eigenvalue weighted by Crippen LogP contribution is -2.17. The summed E-state index contributed by atoms with van der Waals surface area (Å²) in [5, 5.41) is 2.66. The molecule has 0 saturated heterocycles. The van der Waals surface area contributed by atoms with Gasteiger partial charge in [0.2, 0.25) is 0 Å². The number of hydrogen-bond donors (Lipinski definition) is 2. The average Bonchev–Trinajstić information content (AvgIpc) is 2.63. The van der Waals surface area contributed by atoms with Crippen LogP contribution >= 0.6 is 0 Å². The van der Waals surface area contributed by atoms with E-state index in [9.17, 15) is 18.0 Å². The predicted octanol–water partition coefficient (Wildman–Crippen LogP) is 2.29. The van der Waals surface area contributed by atoms with Gasteiger partial charge in [0.1, 0.15) is 5.69 Å². The molecule has 0 aliphatic rings. The van der Waals surface area contributed by atoms with Crippen LogP contribution in [0.5, 0.6) is 0 Å². The van der Waals surface area contributed by atoms with E-state index < -0.39 is 23.0 Å². The highest BCUT2D eigenvalue weighted by molar-refractivity contribution is 5.46. The predicted molar refractivity (Wildman–Crippen MR) is 64.8 cm³/mol. The van der Waals surface area contributed by atoms with E-state index in [1.54, 1.807) is 13.8 Å². The topological polar surface area (TPSA) is 63.8 Å². The Labute approximate surface area is 106 Å². The lowest BCUT2D eigenvalue weighted by Gasteiger charge is -2.05. The number of nitrogens with two attached hydrogens (primary N) is 1. The maximum Gasteiger partial charge on any atom is 0.294 e. The number of anilines is 1. The Morgan fingerprint density at radius 3 is 2.16 bits per heavy atom. The van der Waals surface area contributed by atoms with Gasteiger partial charge in [-0.3, -0.25) is 9.89 Å². The first-order chi connectivity index (χ1) is 8.82. The molecule has 1 aromatic carbocycles. The van der Waals surface area contributed by atoms with Gasteiger partial charge in [0.05, 0.1) is 11.4 Å². The van der Waals surface area contributed by atoms with Crippen molar-refractivity contribution in [3.8, 4) is 5.69 Å². The Morgan fingerprint density at radius 1 is 1.21 bits per heavy atom. The first-order valence-corrected chi connectivity index (χ1v) is 5.58. The van der Waals surface area contributed by atoms with Crippen molar-refractivity contribution in [3.05, 3.63) is 45.6 Å². The lowest BCUT2D eigenvalue weighted by molar-refractivity contribution is 0.445. The molecule has 3 N–H and O–H groups in total. The Hall–Kier alpha value is -2.18. The zero-order chi connectivity index (χ0) is 14.3. The van der Waals surface area contributed by atoms with Crippen LogP contribution < -0.4 is 11.3 Å². The van der Waals surface area contributed by atoms with Gasteiger partial charge < -0.3 is 5.73 Å².